The van der Waals surface area contributed by atoms with Crippen molar-refractivity contribution in [3.63, 3.8) is 0 Å². The quantitative estimate of drug-likeness (QED) is 0.461. The van der Waals surface area contributed by atoms with Crippen LogP contribution in [0, 0.1) is 19.7 Å². The highest BCUT2D eigenvalue weighted by molar-refractivity contribution is 5.87. The average molecular weight is 448 g/mol. The Labute approximate surface area is 190 Å². The minimum absolute atomic E-state index is 0.337. The lowest BCUT2D eigenvalue weighted by Gasteiger charge is -2.34. The third-order valence-electron chi connectivity index (χ3n) is 6.82. The number of aromatic amines is 1. The van der Waals surface area contributed by atoms with Gasteiger partial charge in [0.05, 0.1) is 34.7 Å². The molecule has 170 valence electrons. The number of hydrogen-bond donors (Lipinski definition) is 2. The predicted octanol–water partition coefficient (Wildman–Crippen LogP) is 4.66. The van der Waals surface area contributed by atoms with Crippen molar-refractivity contribution in [3.05, 3.63) is 64.8 Å². The molecule has 0 spiro atoms. The molecule has 1 aliphatic carbocycles. The Balaban J connectivity index is 1.64. The van der Waals surface area contributed by atoms with Gasteiger partial charge in [0.1, 0.15) is 17.4 Å². The molecule has 2 atom stereocenters. The van der Waals surface area contributed by atoms with Gasteiger partial charge in [-0.15, -0.1) is 0 Å². The first-order valence-corrected chi connectivity index (χ1v) is 11.4. The van der Waals surface area contributed by atoms with Crippen molar-refractivity contribution in [1.82, 2.24) is 20.1 Å². The fraction of sp³-hybridized carbons (Fsp3) is 0.400. The molecule has 2 N–H and O–H groups in total. The minimum atomic E-state index is -1.60. The highest BCUT2D eigenvalue weighted by atomic mass is 19.1. The monoisotopic (exact) mass is 448 g/mol. The van der Waals surface area contributed by atoms with Crippen LogP contribution in [0.4, 0.5) is 4.39 Å². The first-order valence-electron chi connectivity index (χ1n) is 11.4. The van der Waals surface area contributed by atoms with Crippen molar-refractivity contribution >= 4 is 11.0 Å². The van der Waals surface area contributed by atoms with E-state index < -0.39 is 17.5 Å². The Kier molecular flexibility index (Phi) is 4.64. The average Bonchev–Trinajstić information content (AvgIpc) is 3.19. The van der Waals surface area contributed by atoms with Crippen LogP contribution in [-0.2, 0) is 10.3 Å². The number of fused-ring (bicyclic) bond motifs is 1. The van der Waals surface area contributed by atoms with E-state index in [4.69, 9.17) is 14.2 Å². The first-order chi connectivity index (χ1) is 15.9. The molecular formula is C25H25FN4O3. The van der Waals surface area contributed by atoms with Gasteiger partial charge in [0.15, 0.2) is 5.60 Å². The lowest BCUT2D eigenvalue weighted by atomic mass is 9.81. The van der Waals surface area contributed by atoms with E-state index in [1.165, 1.54) is 12.1 Å². The smallest absolute Gasteiger partial charge is 0.159 e. The standard InChI is InChI=1S/C25H25FN4O3/c1-13-22(14(2)33-30-13)16-10-18(23-19(11-16)28-24(29-23)15-5-6-15)25(31,21-4-3-9-32-21)20-8-7-17(26)12-27-20/h7-8,10-12,15,21,31H,3-6,9H2,1-2H3,(H,28,29). The number of benzene rings is 1. The molecule has 1 saturated heterocycles. The van der Waals surface area contributed by atoms with E-state index >= 15 is 0 Å². The Bertz CT molecular complexity index is 1320. The molecule has 0 amide bonds. The van der Waals surface area contributed by atoms with E-state index in [0.29, 0.717) is 41.5 Å². The molecule has 1 saturated carbocycles. The molecule has 33 heavy (non-hydrogen) atoms. The van der Waals surface area contributed by atoms with E-state index in [1.807, 2.05) is 26.0 Å². The second-order valence-corrected chi connectivity index (χ2v) is 9.15. The molecule has 3 aromatic heterocycles. The normalized spacial score (nSPS) is 20.4. The van der Waals surface area contributed by atoms with Gasteiger partial charge in [0, 0.05) is 23.7 Å². The number of nitrogens with one attached hydrogen (secondary N) is 1. The molecule has 0 bridgehead atoms. The maximum Gasteiger partial charge on any atom is 0.159 e. The van der Waals surface area contributed by atoms with Gasteiger partial charge in [-0.2, -0.15) is 0 Å². The molecular weight excluding hydrogens is 423 g/mol. The second-order valence-electron chi connectivity index (χ2n) is 9.15. The molecule has 6 rings (SSSR count). The summed E-state index contributed by atoms with van der Waals surface area (Å²) in [5, 5.41) is 16.5. The summed E-state index contributed by atoms with van der Waals surface area (Å²) in [5.74, 6) is 1.57. The molecule has 4 heterocycles. The van der Waals surface area contributed by atoms with E-state index in [0.717, 1.165) is 53.6 Å². The number of H-pyrrole nitrogens is 1. The number of aromatic nitrogens is 4. The van der Waals surface area contributed by atoms with Crippen LogP contribution in [0.2, 0.25) is 0 Å². The number of aliphatic hydroxyl groups is 1. The minimum Gasteiger partial charge on any atom is -0.376 e. The van der Waals surface area contributed by atoms with Gasteiger partial charge in [-0.25, -0.2) is 9.37 Å². The number of pyridine rings is 1. The van der Waals surface area contributed by atoms with Crippen LogP contribution in [0.3, 0.4) is 0 Å². The molecule has 1 aliphatic heterocycles. The number of ether oxygens (including phenoxy) is 1. The lowest BCUT2D eigenvalue weighted by molar-refractivity contribution is -0.0637. The largest absolute Gasteiger partial charge is 0.376 e. The zero-order valence-electron chi connectivity index (χ0n) is 18.6. The van der Waals surface area contributed by atoms with Crippen LogP contribution in [-0.4, -0.2) is 37.9 Å². The van der Waals surface area contributed by atoms with Crippen LogP contribution >= 0.6 is 0 Å². The summed E-state index contributed by atoms with van der Waals surface area (Å²) >= 11 is 0. The summed E-state index contributed by atoms with van der Waals surface area (Å²) in [6, 6.07) is 6.80. The van der Waals surface area contributed by atoms with E-state index in [2.05, 4.69) is 15.1 Å². The maximum atomic E-state index is 13.7. The molecule has 7 nitrogen and oxygen atoms in total. The molecule has 0 radical (unpaired) electrons. The van der Waals surface area contributed by atoms with Crippen LogP contribution in [0.1, 0.15) is 60.1 Å². The summed E-state index contributed by atoms with van der Waals surface area (Å²) in [6.45, 7) is 4.32. The highest BCUT2D eigenvalue weighted by Gasteiger charge is 2.46. The molecule has 4 aromatic rings. The maximum absolute atomic E-state index is 13.7. The zero-order valence-corrected chi connectivity index (χ0v) is 18.6. The molecule has 2 fully saturated rings. The van der Waals surface area contributed by atoms with Crippen LogP contribution in [0.5, 0.6) is 0 Å². The number of halogens is 1. The van der Waals surface area contributed by atoms with Crippen molar-refractivity contribution in [2.75, 3.05) is 6.61 Å². The van der Waals surface area contributed by atoms with Gasteiger partial charge in [-0.05, 0) is 69.4 Å². The van der Waals surface area contributed by atoms with E-state index in [-0.39, 0.29) is 0 Å². The van der Waals surface area contributed by atoms with Crippen molar-refractivity contribution in [1.29, 1.82) is 0 Å². The number of rotatable bonds is 5. The van der Waals surface area contributed by atoms with Crippen molar-refractivity contribution in [3.8, 4) is 11.1 Å². The number of hydrogen-bond acceptors (Lipinski definition) is 6. The van der Waals surface area contributed by atoms with Gasteiger partial charge in [-0.3, -0.25) is 4.98 Å². The van der Waals surface area contributed by atoms with Gasteiger partial charge in [-0.1, -0.05) is 5.16 Å². The zero-order chi connectivity index (χ0) is 22.7. The SMILES string of the molecule is Cc1noc(C)c1-c1cc(C(O)(c2ccc(F)cn2)C2CCCO2)c2nc(C3CC3)[nH]c2c1. The van der Waals surface area contributed by atoms with Gasteiger partial charge >= 0.3 is 0 Å². The summed E-state index contributed by atoms with van der Waals surface area (Å²) < 4.78 is 25.2. The highest BCUT2D eigenvalue weighted by Crippen LogP contribution is 2.45. The number of imidazole rings is 1. The fourth-order valence-corrected chi connectivity index (χ4v) is 5.00. The summed E-state index contributed by atoms with van der Waals surface area (Å²) in [5.41, 5.74) is 3.32. The Morgan fingerprint density at radius 1 is 1.18 bits per heavy atom. The topological polar surface area (TPSA) is 97.1 Å². The summed E-state index contributed by atoms with van der Waals surface area (Å²) in [7, 11) is 0. The van der Waals surface area contributed by atoms with Crippen molar-refractivity contribution in [2.24, 2.45) is 0 Å². The Morgan fingerprint density at radius 3 is 2.67 bits per heavy atom. The summed E-state index contributed by atoms with van der Waals surface area (Å²) in [4.78, 5) is 12.7. The van der Waals surface area contributed by atoms with E-state index in [9.17, 15) is 9.50 Å². The van der Waals surface area contributed by atoms with Gasteiger partial charge in [0.25, 0.3) is 0 Å². The number of aryl methyl sites for hydroxylation is 2. The van der Waals surface area contributed by atoms with Gasteiger partial charge in [0.2, 0.25) is 0 Å². The molecule has 8 heteroatoms. The third-order valence-corrected chi connectivity index (χ3v) is 6.82. The Morgan fingerprint density at radius 2 is 2.03 bits per heavy atom. The summed E-state index contributed by atoms with van der Waals surface area (Å²) in [6.07, 6.45) is 4.29. The van der Waals surface area contributed by atoms with Crippen molar-refractivity contribution < 1.29 is 18.8 Å². The lowest BCUT2D eigenvalue weighted by Crippen LogP contribution is -2.41. The molecule has 1 aromatic carbocycles. The van der Waals surface area contributed by atoms with Crippen molar-refractivity contribution in [2.45, 2.75) is 57.2 Å². The first kappa shape index (κ1) is 20.5. The molecule has 2 aliphatic rings. The Hall–Kier alpha value is -3.10. The van der Waals surface area contributed by atoms with E-state index in [1.54, 1.807) is 0 Å². The molecule has 2 unspecified atom stereocenters. The predicted molar refractivity (Wildman–Crippen MR) is 119 cm³/mol. The number of nitrogens with zero attached hydrogens (tertiary/aromatic N) is 3. The van der Waals surface area contributed by atoms with Crippen LogP contribution < -0.4 is 0 Å². The second kappa shape index (κ2) is 7.46. The van der Waals surface area contributed by atoms with Crippen LogP contribution in [0.25, 0.3) is 22.2 Å². The van der Waals surface area contributed by atoms with Crippen LogP contribution in [0.15, 0.2) is 35.0 Å². The van der Waals surface area contributed by atoms with Gasteiger partial charge < -0.3 is 19.4 Å². The fourth-order valence-electron chi connectivity index (χ4n) is 5.00. The third kappa shape index (κ3) is 3.28.